The maximum atomic E-state index is 13.5. The van der Waals surface area contributed by atoms with Crippen molar-refractivity contribution in [2.45, 2.75) is 43.8 Å². The van der Waals surface area contributed by atoms with Crippen molar-refractivity contribution in [1.29, 1.82) is 0 Å². The molecule has 2 unspecified atom stereocenters. The van der Waals surface area contributed by atoms with Gasteiger partial charge in [-0.15, -0.1) is 37.2 Å². The third kappa shape index (κ3) is 4.18. The van der Waals surface area contributed by atoms with Crippen LogP contribution in [0.1, 0.15) is 25.7 Å². The number of aromatic nitrogens is 1. The molecule has 1 aromatic heterocycles. The van der Waals surface area contributed by atoms with Crippen molar-refractivity contribution in [1.82, 2.24) is 10.3 Å². The summed E-state index contributed by atoms with van der Waals surface area (Å²) in [4.78, 5) is 4.30. The number of hydrogen-bond acceptors (Lipinski definition) is 3. The molecule has 2 fully saturated rings. The largest absolute Gasteiger partial charge is 0.382 e. The van der Waals surface area contributed by atoms with Crippen LogP contribution in [0.4, 0.5) is 10.1 Å². The van der Waals surface area contributed by atoms with E-state index in [-0.39, 0.29) is 43.0 Å². The summed E-state index contributed by atoms with van der Waals surface area (Å²) >= 11 is 0. The van der Waals surface area contributed by atoms with Crippen molar-refractivity contribution in [2.24, 2.45) is 0 Å². The molecule has 2 atom stereocenters. The minimum Gasteiger partial charge on any atom is -0.382 e. The highest BCUT2D eigenvalue weighted by Gasteiger charge is 2.33. The number of rotatable bonds is 2. The molecule has 2 aliphatic rings. The fraction of sp³-hybridized carbons (Fsp3) is 0.438. The van der Waals surface area contributed by atoms with Gasteiger partial charge >= 0.3 is 0 Å². The smallest absolute Gasteiger partial charge is 0.124 e. The summed E-state index contributed by atoms with van der Waals surface area (Å²) in [6.07, 6.45) is 6.66. The average Bonchev–Trinajstić information content (AvgIpc) is 2.79. The molecular formula is C16H21Cl3FN3. The summed E-state index contributed by atoms with van der Waals surface area (Å²) in [5.41, 5.74) is 1.84. The molecule has 2 aromatic rings. The normalized spacial score (nSPS) is 25.0. The molecule has 1 aromatic carbocycles. The van der Waals surface area contributed by atoms with E-state index in [4.69, 9.17) is 0 Å². The van der Waals surface area contributed by atoms with E-state index in [0.29, 0.717) is 18.1 Å². The zero-order chi connectivity index (χ0) is 13.5. The maximum absolute atomic E-state index is 13.5. The van der Waals surface area contributed by atoms with Gasteiger partial charge in [0.15, 0.2) is 0 Å². The summed E-state index contributed by atoms with van der Waals surface area (Å²) in [6, 6.07) is 8.49. The lowest BCUT2D eigenvalue weighted by Crippen LogP contribution is -2.43. The SMILES string of the molecule is Cl.Cl.Cl.Fc1ccc2nccc(NC3CC4CCC(C3)N4)c2c1. The summed E-state index contributed by atoms with van der Waals surface area (Å²) in [6.45, 7) is 0. The molecule has 23 heavy (non-hydrogen) atoms. The van der Waals surface area contributed by atoms with E-state index in [9.17, 15) is 4.39 Å². The van der Waals surface area contributed by atoms with Crippen molar-refractivity contribution in [2.75, 3.05) is 5.32 Å². The van der Waals surface area contributed by atoms with Crippen molar-refractivity contribution in [3.8, 4) is 0 Å². The Balaban J connectivity index is 0.000000882. The van der Waals surface area contributed by atoms with Crippen LogP contribution < -0.4 is 10.6 Å². The molecule has 3 nitrogen and oxygen atoms in total. The maximum Gasteiger partial charge on any atom is 0.124 e. The molecule has 0 radical (unpaired) electrons. The predicted molar refractivity (Wildman–Crippen MR) is 100 cm³/mol. The van der Waals surface area contributed by atoms with Gasteiger partial charge in [0.1, 0.15) is 5.82 Å². The minimum atomic E-state index is -0.209. The van der Waals surface area contributed by atoms with E-state index >= 15 is 0 Å². The molecule has 0 aliphatic carbocycles. The number of halogens is 4. The van der Waals surface area contributed by atoms with Crippen molar-refractivity contribution >= 4 is 53.8 Å². The van der Waals surface area contributed by atoms with E-state index < -0.39 is 0 Å². The number of nitrogens with one attached hydrogen (secondary N) is 2. The van der Waals surface area contributed by atoms with Gasteiger partial charge in [0, 0.05) is 35.4 Å². The van der Waals surface area contributed by atoms with Gasteiger partial charge in [0.2, 0.25) is 0 Å². The summed E-state index contributed by atoms with van der Waals surface area (Å²) in [5.74, 6) is -0.209. The minimum absolute atomic E-state index is 0. The number of anilines is 1. The monoisotopic (exact) mass is 379 g/mol. The number of fused-ring (bicyclic) bond motifs is 3. The Morgan fingerprint density at radius 1 is 1.04 bits per heavy atom. The third-order valence-electron chi connectivity index (χ3n) is 4.54. The van der Waals surface area contributed by atoms with Crippen LogP contribution in [-0.4, -0.2) is 23.1 Å². The highest BCUT2D eigenvalue weighted by atomic mass is 35.5. The zero-order valence-electron chi connectivity index (χ0n) is 12.5. The Hall–Kier alpha value is -0.810. The molecule has 7 heteroatoms. The zero-order valence-corrected chi connectivity index (χ0v) is 14.9. The van der Waals surface area contributed by atoms with Crippen LogP contribution in [0.3, 0.4) is 0 Å². The Kier molecular flexibility index (Phi) is 7.33. The molecule has 2 bridgehead atoms. The Bertz CT molecular complexity index is 644. The molecule has 2 N–H and O–H groups in total. The summed E-state index contributed by atoms with van der Waals surface area (Å²) < 4.78 is 13.5. The van der Waals surface area contributed by atoms with Crippen LogP contribution in [0.25, 0.3) is 10.9 Å². The van der Waals surface area contributed by atoms with Crippen molar-refractivity contribution in [3.05, 3.63) is 36.3 Å². The molecule has 3 heterocycles. The third-order valence-corrected chi connectivity index (χ3v) is 4.54. The standard InChI is InChI=1S/C16H18FN3.3ClH/c17-10-1-4-15-14(7-10)16(5-6-18-15)20-13-8-11-2-3-12(9-13)19-11;;;/h1,4-7,11-13,19H,2-3,8-9H2,(H,18,20);3*1H. The van der Waals surface area contributed by atoms with Gasteiger partial charge in [-0.1, -0.05) is 0 Å². The van der Waals surface area contributed by atoms with Crippen LogP contribution >= 0.6 is 37.2 Å². The first-order valence-corrected chi connectivity index (χ1v) is 7.35. The number of piperidine rings is 1. The lowest BCUT2D eigenvalue weighted by Gasteiger charge is -2.30. The number of hydrogen-bond donors (Lipinski definition) is 2. The topological polar surface area (TPSA) is 37.0 Å². The first-order chi connectivity index (χ1) is 9.78. The predicted octanol–water partition coefficient (Wildman–Crippen LogP) is 4.33. The fourth-order valence-electron chi connectivity index (χ4n) is 3.64. The summed E-state index contributed by atoms with van der Waals surface area (Å²) in [5, 5.41) is 8.12. The lowest BCUT2D eigenvalue weighted by atomic mass is 9.99. The van der Waals surface area contributed by atoms with Crippen LogP contribution in [0.5, 0.6) is 0 Å². The molecule has 2 saturated heterocycles. The lowest BCUT2D eigenvalue weighted by molar-refractivity contribution is 0.378. The van der Waals surface area contributed by atoms with Crippen LogP contribution in [0.15, 0.2) is 30.5 Å². The molecule has 2 aliphatic heterocycles. The molecule has 0 saturated carbocycles. The van der Waals surface area contributed by atoms with E-state index in [1.165, 1.54) is 18.9 Å². The molecule has 0 amide bonds. The number of pyridine rings is 1. The summed E-state index contributed by atoms with van der Waals surface area (Å²) in [7, 11) is 0. The highest BCUT2D eigenvalue weighted by molar-refractivity contribution is 5.91. The Morgan fingerprint density at radius 3 is 2.43 bits per heavy atom. The second-order valence-corrected chi connectivity index (χ2v) is 5.97. The van der Waals surface area contributed by atoms with Crippen LogP contribution in [0.2, 0.25) is 0 Å². The second-order valence-electron chi connectivity index (χ2n) is 5.97. The Labute approximate surface area is 154 Å². The second kappa shape index (κ2) is 8.34. The van der Waals surface area contributed by atoms with Gasteiger partial charge in [-0.3, -0.25) is 4.98 Å². The van der Waals surface area contributed by atoms with E-state index in [1.54, 1.807) is 18.3 Å². The van der Waals surface area contributed by atoms with Crippen molar-refractivity contribution in [3.63, 3.8) is 0 Å². The van der Waals surface area contributed by atoms with Gasteiger partial charge in [-0.05, 0) is 49.9 Å². The molecule has 128 valence electrons. The highest BCUT2D eigenvalue weighted by Crippen LogP contribution is 2.30. The molecule has 0 spiro atoms. The molecular weight excluding hydrogens is 360 g/mol. The van der Waals surface area contributed by atoms with Crippen LogP contribution in [-0.2, 0) is 0 Å². The average molecular weight is 381 g/mol. The van der Waals surface area contributed by atoms with E-state index in [1.807, 2.05) is 6.07 Å². The first-order valence-electron chi connectivity index (χ1n) is 7.35. The number of nitrogens with zero attached hydrogens (tertiary/aromatic N) is 1. The quantitative estimate of drug-likeness (QED) is 0.814. The van der Waals surface area contributed by atoms with Gasteiger partial charge in [-0.25, -0.2) is 4.39 Å². The van der Waals surface area contributed by atoms with E-state index in [0.717, 1.165) is 29.4 Å². The van der Waals surface area contributed by atoms with Crippen LogP contribution in [0, 0.1) is 5.82 Å². The fourth-order valence-corrected chi connectivity index (χ4v) is 3.64. The van der Waals surface area contributed by atoms with Gasteiger partial charge in [-0.2, -0.15) is 0 Å². The first kappa shape index (κ1) is 20.2. The van der Waals surface area contributed by atoms with Crippen molar-refractivity contribution < 1.29 is 4.39 Å². The Morgan fingerprint density at radius 2 is 1.74 bits per heavy atom. The van der Waals surface area contributed by atoms with Gasteiger partial charge in [0.25, 0.3) is 0 Å². The molecule has 4 rings (SSSR count). The van der Waals surface area contributed by atoms with E-state index in [2.05, 4.69) is 15.6 Å². The van der Waals surface area contributed by atoms with Gasteiger partial charge < -0.3 is 10.6 Å². The van der Waals surface area contributed by atoms with Gasteiger partial charge in [0.05, 0.1) is 5.52 Å². The number of benzene rings is 1.